The lowest BCUT2D eigenvalue weighted by Crippen LogP contribution is -2.18. The Hall–Kier alpha value is -2.87. The molecule has 0 aliphatic rings. The van der Waals surface area contributed by atoms with Crippen molar-refractivity contribution in [3.63, 3.8) is 0 Å². The molecule has 30 heavy (non-hydrogen) atoms. The Morgan fingerprint density at radius 3 is 2.13 bits per heavy atom. The van der Waals surface area contributed by atoms with Crippen molar-refractivity contribution in [1.82, 2.24) is 19.6 Å². The van der Waals surface area contributed by atoms with Gasteiger partial charge in [0, 0.05) is 22.4 Å². The van der Waals surface area contributed by atoms with Crippen molar-refractivity contribution in [3.05, 3.63) is 94.5 Å². The first-order valence-corrected chi connectivity index (χ1v) is 10.3. The van der Waals surface area contributed by atoms with E-state index in [1.807, 2.05) is 47.4 Å². The van der Waals surface area contributed by atoms with Crippen LogP contribution in [0.1, 0.15) is 11.1 Å². The fraction of sp³-hybridized carbons (Fsp3) is 0.0952. The van der Waals surface area contributed by atoms with Crippen molar-refractivity contribution in [2.75, 3.05) is 10.6 Å². The van der Waals surface area contributed by atoms with Crippen LogP contribution in [0.25, 0.3) is 0 Å². The van der Waals surface area contributed by atoms with Gasteiger partial charge in [-0.25, -0.2) is 0 Å². The van der Waals surface area contributed by atoms with E-state index in [9.17, 15) is 0 Å². The second kappa shape index (κ2) is 9.30. The van der Waals surface area contributed by atoms with Crippen molar-refractivity contribution < 1.29 is 0 Å². The van der Waals surface area contributed by atoms with Gasteiger partial charge < -0.3 is 10.6 Å². The van der Waals surface area contributed by atoms with Crippen LogP contribution in [0.4, 0.5) is 11.4 Å². The molecule has 0 aliphatic heterocycles. The zero-order valence-corrected chi connectivity index (χ0v) is 18.1. The van der Waals surface area contributed by atoms with E-state index in [1.54, 1.807) is 23.1 Å². The minimum absolute atomic E-state index is 0.457. The highest BCUT2D eigenvalue weighted by atomic mass is 35.5. The number of hydrogen-bond acceptors (Lipinski definition) is 3. The van der Waals surface area contributed by atoms with Crippen LogP contribution < -0.4 is 10.6 Å². The average molecular weight is 457 g/mol. The van der Waals surface area contributed by atoms with Gasteiger partial charge in [0.1, 0.15) is 0 Å². The van der Waals surface area contributed by atoms with Gasteiger partial charge in [0.15, 0.2) is 5.11 Å². The summed E-state index contributed by atoms with van der Waals surface area (Å²) in [5, 5.41) is 16.6. The summed E-state index contributed by atoms with van der Waals surface area (Å²) >= 11 is 17.6. The minimum atomic E-state index is 0.457. The van der Waals surface area contributed by atoms with Crippen LogP contribution in [0.15, 0.2) is 73.3 Å². The highest BCUT2D eigenvalue weighted by Gasteiger charge is 2.07. The minimum Gasteiger partial charge on any atom is -0.330 e. The van der Waals surface area contributed by atoms with Crippen molar-refractivity contribution in [2.45, 2.75) is 13.1 Å². The van der Waals surface area contributed by atoms with Crippen molar-refractivity contribution in [1.29, 1.82) is 0 Å². The lowest BCUT2D eigenvalue weighted by Gasteiger charge is -2.07. The molecule has 0 unspecified atom stereocenters. The standard InChI is InChI=1S/C21H18Cl2N6S/c22-17-7-6-16(20(23)8-17)12-29-14-19(10-25-29)27-21(30)26-18-9-24-28(13-18)11-15-4-2-1-3-5-15/h1-10,13-14H,11-12H2,(H2,26,27,30). The molecule has 0 atom stereocenters. The van der Waals surface area contributed by atoms with Gasteiger partial charge in [0.25, 0.3) is 0 Å². The van der Waals surface area contributed by atoms with Crippen molar-refractivity contribution in [2.24, 2.45) is 0 Å². The summed E-state index contributed by atoms with van der Waals surface area (Å²) in [5.41, 5.74) is 3.70. The Morgan fingerprint density at radius 2 is 1.50 bits per heavy atom. The maximum atomic E-state index is 6.23. The van der Waals surface area contributed by atoms with Gasteiger partial charge in [-0.3, -0.25) is 9.36 Å². The Morgan fingerprint density at radius 1 is 0.867 bits per heavy atom. The summed E-state index contributed by atoms with van der Waals surface area (Å²) in [6.45, 7) is 1.23. The van der Waals surface area contributed by atoms with E-state index in [0.29, 0.717) is 28.2 Å². The largest absolute Gasteiger partial charge is 0.330 e. The van der Waals surface area contributed by atoms with Gasteiger partial charge in [0.05, 0.1) is 36.9 Å². The van der Waals surface area contributed by atoms with Gasteiger partial charge >= 0.3 is 0 Å². The molecule has 4 aromatic rings. The van der Waals surface area contributed by atoms with Crippen LogP contribution in [0.2, 0.25) is 10.0 Å². The number of anilines is 2. The molecule has 0 bridgehead atoms. The number of aromatic nitrogens is 4. The molecule has 0 fully saturated rings. The zero-order valence-electron chi connectivity index (χ0n) is 15.8. The molecule has 0 saturated heterocycles. The third-order valence-electron chi connectivity index (χ3n) is 4.32. The zero-order chi connectivity index (χ0) is 20.9. The molecule has 2 aromatic heterocycles. The van der Waals surface area contributed by atoms with E-state index < -0.39 is 0 Å². The van der Waals surface area contributed by atoms with Gasteiger partial charge in [0.2, 0.25) is 0 Å². The highest BCUT2D eigenvalue weighted by Crippen LogP contribution is 2.22. The summed E-state index contributed by atoms with van der Waals surface area (Å²) in [5.74, 6) is 0. The summed E-state index contributed by atoms with van der Waals surface area (Å²) in [4.78, 5) is 0. The number of halogens is 2. The summed E-state index contributed by atoms with van der Waals surface area (Å²) in [6.07, 6.45) is 7.21. The first-order chi connectivity index (χ1) is 14.5. The van der Waals surface area contributed by atoms with E-state index in [0.717, 1.165) is 16.9 Å². The smallest absolute Gasteiger partial charge is 0.175 e. The first-order valence-electron chi connectivity index (χ1n) is 9.16. The molecule has 0 saturated carbocycles. The van der Waals surface area contributed by atoms with Gasteiger partial charge in [-0.15, -0.1) is 0 Å². The number of rotatable bonds is 6. The van der Waals surface area contributed by atoms with E-state index in [1.165, 1.54) is 5.56 Å². The fourth-order valence-electron chi connectivity index (χ4n) is 2.92. The van der Waals surface area contributed by atoms with Crippen LogP contribution in [0.3, 0.4) is 0 Å². The maximum absolute atomic E-state index is 6.23. The fourth-order valence-corrected chi connectivity index (χ4v) is 3.62. The molecular weight excluding hydrogens is 439 g/mol. The molecule has 2 aromatic carbocycles. The van der Waals surface area contributed by atoms with Crippen LogP contribution in [-0.2, 0) is 13.1 Å². The Kier molecular flexibility index (Phi) is 6.32. The summed E-state index contributed by atoms with van der Waals surface area (Å²) in [6, 6.07) is 15.6. The SMILES string of the molecule is S=C(Nc1cnn(Cc2ccccc2)c1)Nc1cnn(Cc2ccc(Cl)cc2Cl)c1. The number of nitrogens with zero attached hydrogens (tertiary/aromatic N) is 4. The molecule has 4 rings (SSSR count). The normalized spacial score (nSPS) is 10.7. The second-order valence-electron chi connectivity index (χ2n) is 6.65. The molecule has 0 spiro atoms. The van der Waals surface area contributed by atoms with Gasteiger partial charge in [-0.1, -0.05) is 59.6 Å². The molecule has 152 valence electrons. The van der Waals surface area contributed by atoms with Gasteiger partial charge in [-0.05, 0) is 35.5 Å². The van der Waals surface area contributed by atoms with Crippen LogP contribution in [0.5, 0.6) is 0 Å². The van der Waals surface area contributed by atoms with E-state index in [-0.39, 0.29) is 0 Å². The Labute approximate surface area is 189 Å². The molecule has 2 heterocycles. The lowest BCUT2D eigenvalue weighted by atomic mass is 10.2. The van der Waals surface area contributed by atoms with E-state index in [4.69, 9.17) is 35.4 Å². The van der Waals surface area contributed by atoms with E-state index >= 15 is 0 Å². The molecule has 0 radical (unpaired) electrons. The monoisotopic (exact) mass is 456 g/mol. The Bertz CT molecular complexity index is 1160. The maximum Gasteiger partial charge on any atom is 0.175 e. The molecule has 0 amide bonds. The topological polar surface area (TPSA) is 59.7 Å². The quantitative estimate of drug-likeness (QED) is 0.385. The molecule has 6 nitrogen and oxygen atoms in total. The molecule has 9 heteroatoms. The third-order valence-corrected chi connectivity index (χ3v) is 5.11. The molecular formula is C21H18Cl2N6S. The molecule has 2 N–H and O–H groups in total. The van der Waals surface area contributed by atoms with Crippen molar-refractivity contribution >= 4 is 51.9 Å². The highest BCUT2D eigenvalue weighted by molar-refractivity contribution is 7.80. The number of benzene rings is 2. The predicted octanol–water partition coefficient (Wildman–Crippen LogP) is 5.29. The van der Waals surface area contributed by atoms with Gasteiger partial charge in [-0.2, -0.15) is 10.2 Å². The number of hydrogen-bond donors (Lipinski definition) is 2. The van der Waals surface area contributed by atoms with Crippen LogP contribution in [0, 0.1) is 0 Å². The predicted molar refractivity (Wildman–Crippen MR) is 125 cm³/mol. The number of nitrogens with one attached hydrogen (secondary N) is 2. The van der Waals surface area contributed by atoms with Crippen molar-refractivity contribution in [3.8, 4) is 0 Å². The van der Waals surface area contributed by atoms with E-state index in [2.05, 4.69) is 33.0 Å². The second-order valence-corrected chi connectivity index (χ2v) is 7.91. The first kappa shape index (κ1) is 20.4. The molecule has 0 aliphatic carbocycles. The third kappa shape index (κ3) is 5.38. The summed E-state index contributed by atoms with van der Waals surface area (Å²) < 4.78 is 3.63. The van der Waals surface area contributed by atoms with Crippen LogP contribution in [-0.4, -0.2) is 24.7 Å². The summed E-state index contributed by atoms with van der Waals surface area (Å²) in [7, 11) is 0. The lowest BCUT2D eigenvalue weighted by molar-refractivity contribution is 0.687. The average Bonchev–Trinajstić information content (AvgIpc) is 3.34. The Balaban J connectivity index is 1.32. The number of thiocarbonyl (C=S) groups is 1. The van der Waals surface area contributed by atoms with Crippen LogP contribution >= 0.6 is 35.4 Å².